The van der Waals surface area contributed by atoms with Crippen molar-refractivity contribution >= 4 is 28.3 Å². The van der Waals surface area contributed by atoms with E-state index in [0.717, 1.165) is 38.6 Å². The van der Waals surface area contributed by atoms with E-state index in [2.05, 4.69) is 68.4 Å². The molecule has 0 saturated carbocycles. The van der Waals surface area contributed by atoms with Crippen LogP contribution in [-0.2, 0) is 5.41 Å². The topological polar surface area (TPSA) is 86.4 Å². The molecule has 43 heavy (non-hydrogen) atoms. The number of aromatic nitrogens is 3. The predicted molar refractivity (Wildman–Crippen MR) is 175 cm³/mol. The van der Waals surface area contributed by atoms with Crippen LogP contribution in [-0.4, -0.2) is 26.4 Å². The molecule has 5 nitrogen and oxygen atoms in total. The van der Waals surface area contributed by atoms with Crippen LogP contribution < -0.4 is 0 Å². The second-order valence-electron chi connectivity index (χ2n) is 11.7. The zero-order valence-corrected chi connectivity index (χ0v) is 23.8. The van der Waals surface area contributed by atoms with Crippen LogP contribution in [0.3, 0.4) is 0 Å². The molecule has 0 spiro atoms. The molecule has 0 fully saturated rings. The second-order valence-corrected chi connectivity index (χ2v) is 11.7. The van der Waals surface area contributed by atoms with Crippen molar-refractivity contribution in [1.82, 2.24) is 15.0 Å². The van der Waals surface area contributed by atoms with E-state index in [1.807, 2.05) is 54.6 Å². The molecular formula is C38H27N5. The first-order valence-corrected chi connectivity index (χ1v) is 14.4. The number of nitrogens with one attached hydrogen (secondary N) is 2. The van der Waals surface area contributed by atoms with Gasteiger partial charge < -0.3 is 0 Å². The monoisotopic (exact) mass is 553 g/mol. The van der Waals surface area contributed by atoms with Crippen molar-refractivity contribution in [2.75, 3.05) is 0 Å². The number of allylic oxidation sites excluding steroid dienone is 1. The number of hydrogen-bond donors (Lipinski definition) is 2. The first-order valence-electron chi connectivity index (χ1n) is 14.4. The fourth-order valence-electron chi connectivity index (χ4n) is 6.57. The average Bonchev–Trinajstić information content (AvgIpc) is 3.29. The standard InChI is InChI=1S/C38H27N5/c1-38(2)29-13-7-6-11-26(29)33-27(12-8-14-30(33)38)37-42-35(24-9-4-3-5-10-24)41-36(43-37)25-18-16-22-15-17-23-19-20-31(39)34(40)32(23)28(22)21-25/h3-21,39-40H,1-2H3. The summed E-state index contributed by atoms with van der Waals surface area (Å²) in [7, 11) is 0. The van der Waals surface area contributed by atoms with Gasteiger partial charge in [0, 0.05) is 27.7 Å². The van der Waals surface area contributed by atoms with Crippen LogP contribution >= 0.6 is 0 Å². The van der Waals surface area contributed by atoms with Crippen molar-refractivity contribution in [2.24, 2.45) is 0 Å². The van der Waals surface area contributed by atoms with Gasteiger partial charge in [0.05, 0.1) is 11.4 Å². The lowest BCUT2D eigenvalue weighted by atomic mass is 9.82. The van der Waals surface area contributed by atoms with E-state index in [0.29, 0.717) is 17.5 Å². The fraction of sp³-hybridized carbons (Fsp3) is 0.0789. The van der Waals surface area contributed by atoms with Crippen molar-refractivity contribution < 1.29 is 0 Å². The predicted octanol–water partition coefficient (Wildman–Crippen LogP) is 8.75. The van der Waals surface area contributed by atoms with Gasteiger partial charge in [0.25, 0.3) is 0 Å². The van der Waals surface area contributed by atoms with Gasteiger partial charge in [-0.2, -0.15) is 0 Å². The molecule has 5 aromatic carbocycles. The quantitative estimate of drug-likeness (QED) is 0.230. The molecule has 0 aliphatic heterocycles. The fourth-order valence-corrected chi connectivity index (χ4v) is 6.57. The average molecular weight is 554 g/mol. The van der Waals surface area contributed by atoms with Gasteiger partial charge in [-0.05, 0) is 50.7 Å². The zero-order chi connectivity index (χ0) is 29.3. The van der Waals surface area contributed by atoms with Crippen LogP contribution in [0.4, 0.5) is 0 Å². The Kier molecular flexibility index (Phi) is 5.41. The van der Waals surface area contributed by atoms with E-state index >= 15 is 0 Å². The number of nitrogens with zero attached hydrogens (tertiary/aromatic N) is 3. The Bertz CT molecular complexity index is 2190. The zero-order valence-electron chi connectivity index (χ0n) is 23.8. The molecule has 8 rings (SSSR count). The molecule has 0 radical (unpaired) electrons. The molecule has 0 amide bonds. The highest BCUT2D eigenvalue weighted by Crippen LogP contribution is 2.51. The smallest absolute Gasteiger partial charge is 0.164 e. The van der Waals surface area contributed by atoms with E-state index < -0.39 is 0 Å². The minimum absolute atomic E-state index is 0.135. The Balaban J connectivity index is 1.38. The molecular weight excluding hydrogens is 526 g/mol. The van der Waals surface area contributed by atoms with Crippen molar-refractivity contribution in [3.05, 3.63) is 131 Å². The number of benzene rings is 5. The third kappa shape index (κ3) is 3.82. The molecule has 2 aliphatic rings. The maximum Gasteiger partial charge on any atom is 0.164 e. The first-order chi connectivity index (χ1) is 20.9. The Morgan fingerprint density at radius 2 is 1.23 bits per heavy atom. The molecule has 0 bridgehead atoms. The summed E-state index contributed by atoms with van der Waals surface area (Å²) >= 11 is 0. The molecule has 204 valence electrons. The maximum absolute atomic E-state index is 8.67. The van der Waals surface area contributed by atoms with Gasteiger partial charge in [0.15, 0.2) is 17.5 Å². The summed E-state index contributed by atoms with van der Waals surface area (Å²) in [6.45, 7) is 4.55. The highest BCUT2D eigenvalue weighted by Gasteiger charge is 2.37. The molecule has 5 heteroatoms. The summed E-state index contributed by atoms with van der Waals surface area (Å²) in [4.78, 5) is 15.2. The molecule has 2 N–H and O–H groups in total. The molecule has 6 aromatic rings. The van der Waals surface area contributed by atoms with E-state index in [4.69, 9.17) is 25.8 Å². The lowest BCUT2D eigenvalue weighted by Crippen LogP contribution is -2.16. The summed E-state index contributed by atoms with van der Waals surface area (Å²) in [5, 5.41) is 18.9. The lowest BCUT2D eigenvalue weighted by molar-refractivity contribution is 0.660. The van der Waals surface area contributed by atoms with Gasteiger partial charge in [-0.15, -0.1) is 0 Å². The summed E-state index contributed by atoms with van der Waals surface area (Å²) in [5.41, 5.74) is 9.69. The van der Waals surface area contributed by atoms with E-state index in [1.165, 1.54) is 22.3 Å². The van der Waals surface area contributed by atoms with Gasteiger partial charge in [-0.1, -0.05) is 117 Å². The third-order valence-corrected chi connectivity index (χ3v) is 8.78. The minimum atomic E-state index is -0.135. The van der Waals surface area contributed by atoms with E-state index in [-0.39, 0.29) is 16.8 Å². The summed E-state index contributed by atoms with van der Waals surface area (Å²) < 4.78 is 0. The second kappa shape index (κ2) is 9.23. The van der Waals surface area contributed by atoms with Gasteiger partial charge in [0.1, 0.15) is 0 Å². The Hall–Kier alpha value is -5.55. The Labute approximate surface area is 249 Å². The van der Waals surface area contributed by atoms with Crippen LogP contribution in [0.15, 0.2) is 109 Å². The third-order valence-electron chi connectivity index (χ3n) is 8.78. The van der Waals surface area contributed by atoms with Crippen LogP contribution in [0.2, 0.25) is 0 Å². The number of fused-ring (bicyclic) bond motifs is 6. The highest BCUT2D eigenvalue weighted by molar-refractivity contribution is 6.53. The van der Waals surface area contributed by atoms with Crippen LogP contribution in [0.5, 0.6) is 0 Å². The van der Waals surface area contributed by atoms with Crippen LogP contribution in [0.25, 0.3) is 62.1 Å². The van der Waals surface area contributed by atoms with Crippen molar-refractivity contribution in [2.45, 2.75) is 19.3 Å². The minimum Gasteiger partial charge on any atom is -0.299 e. The van der Waals surface area contributed by atoms with Crippen molar-refractivity contribution in [1.29, 1.82) is 10.8 Å². The van der Waals surface area contributed by atoms with Crippen molar-refractivity contribution in [3.63, 3.8) is 0 Å². The summed E-state index contributed by atoms with van der Waals surface area (Å²) in [6, 6.07) is 35.3. The molecule has 0 saturated heterocycles. The molecule has 2 aliphatic carbocycles. The van der Waals surface area contributed by atoms with Crippen molar-refractivity contribution in [3.8, 4) is 45.3 Å². The van der Waals surface area contributed by atoms with Gasteiger partial charge in [0.2, 0.25) is 0 Å². The SMILES string of the molecule is CC1(C)c2ccccc2-c2c(-c3nc(-c4ccccc4)nc(-c4ccc5ccc6c(c5c4)C(=N)C(=N)C=C6)n3)cccc21. The summed E-state index contributed by atoms with van der Waals surface area (Å²) in [6.07, 6.45) is 3.59. The van der Waals surface area contributed by atoms with E-state index in [1.54, 1.807) is 6.08 Å². The van der Waals surface area contributed by atoms with Gasteiger partial charge >= 0.3 is 0 Å². The largest absolute Gasteiger partial charge is 0.299 e. The lowest BCUT2D eigenvalue weighted by Gasteiger charge is -2.21. The number of rotatable bonds is 3. The molecule has 1 heterocycles. The molecule has 0 unspecified atom stereocenters. The Morgan fingerprint density at radius 1 is 0.558 bits per heavy atom. The van der Waals surface area contributed by atoms with E-state index in [9.17, 15) is 0 Å². The van der Waals surface area contributed by atoms with Crippen LogP contribution in [0.1, 0.15) is 36.1 Å². The summed E-state index contributed by atoms with van der Waals surface area (Å²) in [5.74, 6) is 1.80. The molecule has 1 aromatic heterocycles. The van der Waals surface area contributed by atoms with Gasteiger partial charge in [-0.25, -0.2) is 15.0 Å². The first kappa shape index (κ1) is 25.2. The molecule has 0 atom stereocenters. The van der Waals surface area contributed by atoms with Gasteiger partial charge in [-0.3, -0.25) is 10.8 Å². The number of hydrogen-bond acceptors (Lipinski definition) is 5. The normalized spacial score (nSPS) is 14.5. The Morgan fingerprint density at radius 3 is 2.07 bits per heavy atom. The highest BCUT2D eigenvalue weighted by atomic mass is 15.0. The van der Waals surface area contributed by atoms with Crippen LogP contribution in [0, 0.1) is 10.8 Å². The maximum atomic E-state index is 8.67.